The molecule has 2 aromatic carbocycles. The molecule has 0 heterocycles. The van der Waals surface area contributed by atoms with Gasteiger partial charge in [0.1, 0.15) is 0 Å². The Morgan fingerprint density at radius 3 is 1.21 bits per heavy atom. The van der Waals surface area contributed by atoms with Gasteiger partial charge in [0.05, 0.1) is 0 Å². The highest BCUT2D eigenvalue weighted by atomic mass is 15.1. The lowest BCUT2D eigenvalue weighted by Crippen LogP contribution is -2.22. The average molecular weight is 381 g/mol. The zero-order valence-electron chi connectivity index (χ0n) is 18.2. The zero-order valence-corrected chi connectivity index (χ0v) is 18.2. The van der Waals surface area contributed by atoms with Gasteiger partial charge in [-0.05, 0) is 64.0 Å². The van der Waals surface area contributed by atoms with Crippen LogP contribution in [0.2, 0.25) is 0 Å². The van der Waals surface area contributed by atoms with E-state index in [1.54, 1.807) is 0 Å². The predicted octanol–water partition coefficient (Wildman–Crippen LogP) is 5.68. The molecule has 0 amide bonds. The molecule has 0 aliphatic heterocycles. The van der Waals surface area contributed by atoms with Crippen LogP contribution in [0.25, 0.3) is 0 Å². The Kier molecular flexibility index (Phi) is 11.6. The Hall–Kier alpha value is -1.64. The SMILES string of the molecule is CN(CCCCCCCCN(C)CCc1ccccc1)CCc1ccccc1. The molecule has 0 N–H and O–H groups in total. The average Bonchev–Trinajstić information content (AvgIpc) is 2.74. The summed E-state index contributed by atoms with van der Waals surface area (Å²) >= 11 is 0. The Morgan fingerprint density at radius 2 is 0.821 bits per heavy atom. The van der Waals surface area contributed by atoms with Gasteiger partial charge in [0.2, 0.25) is 0 Å². The lowest BCUT2D eigenvalue weighted by Gasteiger charge is -2.17. The van der Waals surface area contributed by atoms with E-state index < -0.39 is 0 Å². The minimum atomic E-state index is 1.16. The van der Waals surface area contributed by atoms with E-state index in [1.165, 1.54) is 75.8 Å². The van der Waals surface area contributed by atoms with Gasteiger partial charge in [-0.2, -0.15) is 0 Å². The first kappa shape index (κ1) is 22.6. The van der Waals surface area contributed by atoms with Crippen molar-refractivity contribution >= 4 is 0 Å². The van der Waals surface area contributed by atoms with Crippen LogP contribution in [0.5, 0.6) is 0 Å². The lowest BCUT2D eigenvalue weighted by molar-refractivity contribution is 0.321. The maximum atomic E-state index is 2.48. The molecular formula is C26H40N2. The molecule has 0 fully saturated rings. The van der Waals surface area contributed by atoms with E-state index in [0.717, 1.165) is 12.8 Å². The molecule has 0 aromatic heterocycles. The molecule has 0 spiro atoms. The van der Waals surface area contributed by atoms with Gasteiger partial charge in [0.25, 0.3) is 0 Å². The van der Waals surface area contributed by atoms with Crippen LogP contribution in [-0.2, 0) is 12.8 Å². The topological polar surface area (TPSA) is 6.48 Å². The highest BCUT2D eigenvalue weighted by Crippen LogP contribution is 2.08. The van der Waals surface area contributed by atoms with E-state index in [-0.39, 0.29) is 0 Å². The Balaban J connectivity index is 1.38. The number of benzene rings is 2. The molecule has 0 saturated carbocycles. The number of unbranched alkanes of at least 4 members (excludes halogenated alkanes) is 5. The van der Waals surface area contributed by atoms with E-state index in [4.69, 9.17) is 0 Å². The van der Waals surface area contributed by atoms with Gasteiger partial charge in [-0.1, -0.05) is 86.3 Å². The number of likely N-dealkylation sites (N-methyl/N-ethyl adjacent to an activating group) is 2. The molecule has 2 aromatic rings. The fourth-order valence-corrected chi connectivity index (χ4v) is 3.62. The van der Waals surface area contributed by atoms with Crippen molar-refractivity contribution in [2.75, 3.05) is 40.3 Å². The third-order valence-electron chi connectivity index (χ3n) is 5.58. The zero-order chi connectivity index (χ0) is 19.9. The Morgan fingerprint density at radius 1 is 0.464 bits per heavy atom. The molecule has 154 valence electrons. The van der Waals surface area contributed by atoms with Crippen molar-refractivity contribution in [1.82, 2.24) is 9.80 Å². The number of rotatable bonds is 15. The van der Waals surface area contributed by atoms with Crippen LogP contribution in [0, 0.1) is 0 Å². The number of hydrogen-bond acceptors (Lipinski definition) is 2. The summed E-state index contributed by atoms with van der Waals surface area (Å²) in [4.78, 5) is 4.96. The number of nitrogens with zero attached hydrogens (tertiary/aromatic N) is 2. The van der Waals surface area contributed by atoms with Crippen molar-refractivity contribution in [3.8, 4) is 0 Å². The fraction of sp³-hybridized carbons (Fsp3) is 0.538. The van der Waals surface area contributed by atoms with Crippen LogP contribution in [0.4, 0.5) is 0 Å². The van der Waals surface area contributed by atoms with Crippen molar-refractivity contribution in [3.63, 3.8) is 0 Å². The second-order valence-electron chi connectivity index (χ2n) is 8.20. The molecule has 0 saturated heterocycles. The quantitative estimate of drug-likeness (QED) is 0.367. The first-order valence-corrected chi connectivity index (χ1v) is 11.2. The summed E-state index contributed by atoms with van der Waals surface area (Å²) in [6.07, 6.45) is 10.5. The van der Waals surface area contributed by atoms with Crippen LogP contribution in [0.3, 0.4) is 0 Å². The molecule has 2 heteroatoms. The van der Waals surface area contributed by atoms with E-state index in [1.807, 2.05) is 0 Å². The van der Waals surface area contributed by atoms with Crippen LogP contribution in [0.15, 0.2) is 60.7 Å². The summed E-state index contributed by atoms with van der Waals surface area (Å²) in [6.45, 7) is 4.79. The summed E-state index contributed by atoms with van der Waals surface area (Å²) in [5, 5.41) is 0. The van der Waals surface area contributed by atoms with E-state index in [2.05, 4.69) is 84.6 Å². The van der Waals surface area contributed by atoms with Crippen LogP contribution in [0.1, 0.15) is 49.7 Å². The highest BCUT2D eigenvalue weighted by Gasteiger charge is 2.01. The first-order chi connectivity index (χ1) is 13.7. The standard InChI is InChI=1S/C26H40N2/c1-27(23-19-25-15-9-7-10-16-25)21-13-5-3-4-6-14-22-28(2)24-20-26-17-11-8-12-18-26/h7-12,15-18H,3-6,13-14,19-24H2,1-2H3. The normalized spacial score (nSPS) is 11.4. The van der Waals surface area contributed by atoms with Gasteiger partial charge in [-0.3, -0.25) is 0 Å². The third-order valence-corrected chi connectivity index (χ3v) is 5.58. The fourth-order valence-electron chi connectivity index (χ4n) is 3.62. The summed E-state index contributed by atoms with van der Waals surface area (Å²) in [6, 6.07) is 21.6. The summed E-state index contributed by atoms with van der Waals surface area (Å²) < 4.78 is 0. The van der Waals surface area contributed by atoms with Crippen molar-refractivity contribution in [2.24, 2.45) is 0 Å². The molecular weight excluding hydrogens is 340 g/mol. The van der Waals surface area contributed by atoms with Crippen LogP contribution < -0.4 is 0 Å². The van der Waals surface area contributed by atoms with Crippen molar-refractivity contribution in [1.29, 1.82) is 0 Å². The van der Waals surface area contributed by atoms with Crippen molar-refractivity contribution < 1.29 is 0 Å². The minimum absolute atomic E-state index is 1.16. The second-order valence-corrected chi connectivity index (χ2v) is 8.20. The van der Waals surface area contributed by atoms with Crippen LogP contribution in [-0.4, -0.2) is 50.1 Å². The van der Waals surface area contributed by atoms with Gasteiger partial charge in [0.15, 0.2) is 0 Å². The molecule has 28 heavy (non-hydrogen) atoms. The molecule has 0 radical (unpaired) electrons. The molecule has 2 nitrogen and oxygen atoms in total. The smallest absolute Gasteiger partial charge is 0.00188 e. The van der Waals surface area contributed by atoms with Crippen LogP contribution >= 0.6 is 0 Å². The third kappa shape index (κ3) is 10.6. The van der Waals surface area contributed by atoms with Crippen molar-refractivity contribution in [2.45, 2.75) is 51.4 Å². The number of hydrogen-bond donors (Lipinski definition) is 0. The van der Waals surface area contributed by atoms with Gasteiger partial charge in [-0.15, -0.1) is 0 Å². The molecule has 0 aliphatic rings. The molecule has 0 unspecified atom stereocenters. The van der Waals surface area contributed by atoms with Crippen molar-refractivity contribution in [3.05, 3.63) is 71.8 Å². The first-order valence-electron chi connectivity index (χ1n) is 11.2. The van der Waals surface area contributed by atoms with Gasteiger partial charge in [0, 0.05) is 13.1 Å². The van der Waals surface area contributed by atoms with Gasteiger partial charge < -0.3 is 9.80 Å². The van der Waals surface area contributed by atoms with Gasteiger partial charge >= 0.3 is 0 Å². The predicted molar refractivity (Wildman–Crippen MR) is 123 cm³/mol. The monoisotopic (exact) mass is 380 g/mol. The highest BCUT2D eigenvalue weighted by molar-refractivity contribution is 5.15. The van der Waals surface area contributed by atoms with E-state index in [9.17, 15) is 0 Å². The molecule has 0 aliphatic carbocycles. The maximum absolute atomic E-state index is 2.48. The molecule has 0 atom stereocenters. The summed E-state index contributed by atoms with van der Waals surface area (Å²) in [5.74, 6) is 0. The van der Waals surface area contributed by atoms with E-state index >= 15 is 0 Å². The molecule has 0 bridgehead atoms. The summed E-state index contributed by atoms with van der Waals surface area (Å²) in [7, 11) is 4.52. The second kappa shape index (κ2) is 14.4. The lowest BCUT2D eigenvalue weighted by atomic mass is 10.1. The minimum Gasteiger partial charge on any atom is -0.306 e. The maximum Gasteiger partial charge on any atom is 0.00188 e. The van der Waals surface area contributed by atoms with E-state index in [0.29, 0.717) is 0 Å². The van der Waals surface area contributed by atoms with Gasteiger partial charge in [-0.25, -0.2) is 0 Å². The Bertz CT molecular complexity index is 541. The summed E-state index contributed by atoms with van der Waals surface area (Å²) in [5.41, 5.74) is 2.89. The molecule has 2 rings (SSSR count). The Labute approximate surface area is 173 Å². The largest absolute Gasteiger partial charge is 0.306 e.